The second-order valence-electron chi connectivity index (χ2n) is 5.97. The Morgan fingerprint density at radius 3 is 2.66 bits per heavy atom. The predicted molar refractivity (Wildman–Crippen MR) is 105 cm³/mol. The summed E-state index contributed by atoms with van der Waals surface area (Å²) in [5, 5.41) is 4.46. The lowest BCUT2D eigenvalue weighted by Crippen LogP contribution is -2.33. The van der Waals surface area contributed by atoms with Crippen molar-refractivity contribution in [3.05, 3.63) is 61.2 Å². The molecule has 1 aliphatic heterocycles. The Morgan fingerprint density at radius 1 is 1.34 bits per heavy atom. The molecule has 154 valence electrons. The van der Waals surface area contributed by atoms with Crippen LogP contribution < -0.4 is 5.32 Å². The van der Waals surface area contributed by atoms with E-state index >= 15 is 0 Å². The molecular formula is C18H14Cl2F3N3O2S. The van der Waals surface area contributed by atoms with Gasteiger partial charge in [-0.15, -0.1) is 11.3 Å². The largest absolute Gasteiger partial charge is 0.463 e. The molecular weight excluding hydrogens is 450 g/mol. The van der Waals surface area contributed by atoms with Crippen molar-refractivity contribution in [3.8, 4) is 0 Å². The number of carbonyl (C=O) groups excluding carboxylic acids is 1. The molecule has 29 heavy (non-hydrogen) atoms. The Labute approximate surface area is 178 Å². The number of thiazole rings is 1. The van der Waals surface area contributed by atoms with E-state index in [9.17, 15) is 18.0 Å². The molecule has 1 N–H and O–H groups in total. The fourth-order valence-electron chi connectivity index (χ4n) is 2.72. The first-order valence-corrected chi connectivity index (χ1v) is 9.96. The van der Waals surface area contributed by atoms with E-state index in [1.807, 2.05) is 0 Å². The molecule has 0 saturated carbocycles. The van der Waals surface area contributed by atoms with Gasteiger partial charge in [0.25, 0.3) is 0 Å². The number of hydrogen-bond donors (Lipinski definition) is 1. The van der Waals surface area contributed by atoms with Crippen LogP contribution in [0.2, 0.25) is 10.0 Å². The first-order chi connectivity index (χ1) is 13.6. The summed E-state index contributed by atoms with van der Waals surface area (Å²) in [6.45, 7) is 3.42. The topological polar surface area (TPSA) is 63.6 Å². The number of halogens is 5. The van der Waals surface area contributed by atoms with Crippen molar-refractivity contribution >= 4 is 46.3 Å². The molecule has 0 radical (unpaired) electrons. The van der Waals surface area contributed by atoms with Crippen molar-refractivity contribution in [2.24, 2.45) is 4.99 Å². The Bertz CT molecular complexity index is 1020. The molecule has 1 aromatic heterocycles. The highest BCUT2D eigenvalue weighted by Gasteiger charge is 2.36. The van der Waals surface area contributed by atoms with E-state index in [1.165, 1.54) is 6.07 Å². The van der Waals surface area contributed by atoms with Gasteiger partial charge in [0, 0.05) is 26.7 Å². The molecule has 1 aromatic carbocycles. The van der Waals surface area contributed by atoms with Gasteiger partial charge in [-0.3, -0.25) is 4.99 Å². The van der Waals surface area contributed by atoms with Crippen LogP contribution in [0.25, 0.3) is 0 Å². The number of ether oxygens (including phenoxy) is 1. The molecule has 0 spiro atoms. The van der Waals surface area contributed by atoms with Crippen LogP contribution in [0.5, 0.6) is 0 Å². The number of hydrogen-bond acceptors (Lipinski definition) is 6. The summed E-state index contributed by atoms with van der Waals surface area (Å²) in [5.41, 5.74) is 0.0339. The molecule has 5 nitrogen and oxygen atoms in total. The Balaban J connectivity index is 2.10. The maximum atomic E-state index is 12.9. The molecule has 2 aromatic rings. The highest BCUT2D eigenvalue weighted by molar-refractivity contribution is 7.11. The summed E-state index contributed by atoms with van der Waals surface area (Å²) in [7, 11) is 0. The fourth-order valence-corrected chi connectivity index (χ4v) is 4.01. The minimum absolute atomic E-state index is 0.0367. The average Bonchev–Trinajstić information content (AvgIpc) is 3.11. The molecule has 0 amide bonds. The van der Waals surface area contributed by atoms with Gasteiger partial charge < -0.3 is 10.1 Å². The standard InChI is InChI=1S/C18H14Cl2F3N3O2S/c1-3-28-17(27)13-8(2)24-15(16-25-12(7-29-16)18(21,22)23)26-14(13)10-5-4-9(19)6-11(10)20/h4-7,14H,3H2,1-2H3,(H,24,26). The van der Waals surface area contributed by atoms with E-state index in [-0.39, 0.29) is 28.0 Å². The van der Waals surface area contributed by atoms with Crippen molar-refractivity contribution in [2.75, 3.05) is 6.61 Å². The van der Waals surface area contributed by atoms with Gasteiger partial charge in [-0.25, -0.2) is 9.78 Å². The quantitative estimate of drug-likeness (QED) is 0.616. The predicted octanol–water partition coefficient (Wildman–Crippen LogP) is 5.40. The number of rotatable bonds is 4. The van der Waals surface area contributed by atoms with Gasteiger partial charge >= 0.3 is 12.1 Å². The van der Waals surface area contributed by atoms with Gasteiger partial charge in [-0.1, -0.05) is 29.3 Å². The molecule has 0 fully saturated rings. The number of aromatic nitrogens is 1. The van der Waals surface area contributed by atoms with Crippen LogP contribution in [0, 0.1) is 0 Å². The van der Waals surface area contributed by atoms with Gasteiger partial charge in [-0.05, 0) is 26.0 Å². The number of allylic oxidation sites excluding steroid dienone is 1. The van der Waals surface area contributed by atoms with E-state index in [2.05, 4.69) is 15.3 Å². The zero-order valence-electron chi connectivity index (χ0n) is 15.1. The van der Waals surface area contributed by atoms with E-state index in [1.54, 1.807) is 26.0 Å². The molecule has 1 atom stereocenters. The number of nitrogens with zero attached hydrogens (tertiary/aromatic N) is 2. The number of esters is 1. The van der Waals surface area contributed by atoms with E-state index in [4.69, 9.17) is 27.9 Å². The number of nitrogens with one attached hydrogen (secondary N) is 1. The van der Waals surface area contributed by atoms with Gasteiger partial charge in [0.1, 0.15) is 6.04 Å². The van der Waals surface area contributed by atoms with Crippen LogP contribution in [0.3, 0.4) is 0 Å². The maximum Gasteiger partial charge on any atom is 0.434 e. The highest BCUT2D eigenvalue weighted by Crippen LogP contribution is 2.38. The van der Waals surface area contributed by atoms with E-state index in [0.717, 1.165) is 16.7 Å². The Hall–Kier alpha value is -2.10. The van der Waals surface area contributed by atoms with Crippen LogP contribution in [0.4, 0.5) is 13.2 Å². The van der Waals surface area contributed by atoms with Crippen molar-refractivity contribution in [3.63, 3.8) is 0 Å². The average molecular weight is 464 g/mol. The van der Waals surface area contributed by atoms with Crippen LogP contribution in [-0.2, 0) is 15.7 Å². The molecule has 0 bridgehead atoms. The Kier molecular flexibility index (Phi) is 6.21. The van der Waals surface area contributed by atoms with Gasteiger partial charge in [0.05, 0.1) is 12.2 Å². The van der Waals surface area contributed by atoms with Crippen molar-refractivity contribution in [2.45, 2.75) is 26.1 Å². The molecule has 0 saturated heterocycles. The zero-order chi connectivity index (χ0) is 21.3. The molecule has 11 heteroatoms. The lowest BCUT2D eigenvalue weighted by molar-refractivity contribution is -0.141. The highest BCUT2D eigenvalue weighted by atomic mass is 35.5. The fraction of sp³-hybridized carbons (Fsp3) is 0.278. The van der Waals surface area contributed by atoms with Crippen molar-refractivity contribution in [1.29, 1.82) is 0 Å². The molecule has 2 heterocycles. The molecule has 0 aliphatic carbocycles. The van der Waals surface area contributed by atoms with Crippen LogP contribution >= 0.6 is 34.5 Å². The minimum Gasteiger partial charge on any atom is -0.463 e. The molecule has 1 aliphatic rings. The molecule has 3 rings (SSSR count). The lowest BCUT2D eigenvalue weighted by atomic mass is 9.96. The summed E-state index contributed by atoms with van der Waals surface area (Å²) in [5.74, 6) is -0.501. The summed E-state index contributed by atoms with van der Waals surface area (Å²) in [4.78, 5) is 20.6. The summed E-state index contributed by atoms with van der Waals surface area (Å²) in [6, 6.07) is 3.80. The van der Waals surface area contributed by atoms with Crippen LogP contribution in [0.15, 0.2) is 39.8 Å². The number of amidine groups is 1. The number of carbonyl (C=O) groups is 1. The molecule has 1 unspecified atom stereocenters. The van der Waals surface area contributed by atoms with Crippen molar-refractivity contribution in [1.82, 2.24) is 10.3 Å². The van der Waals surface area contributed by atoms with Gasteiger partial charge in [-0.2, -0.15) is 13.2 Å². The second kappa shape index (κ2) is 8.33. The summed E-state index contributed by atoms with van der Waals surface area (Å²) >= 11 is 13.0. The van der Waals surface area contributed by atoms with E-state index in [0.29, 0.717) is 16.3 Å². The maximum absolute atomic E-state index is 12.9. The van der Waals surface area contributed by atoms with Gasteiger partial charge in [0.2, 0.25) is 0 Å². The zero-order valence-corrected chi connectivity index (χ0v) is 17.4. The monoisotopic (exact) mass is 463 g/mol. The van der Waals surface area contributed by atoms with E-state index < -0.39 is 23.9 Å². The number of benzene rings is 1. The Morgan fingerprint density at radius 2 is 2.07 bits per heavy atom. The van der Waals surface area contributed by atoms with Crippen molar-refractivity contribution < 1.29 is 22.7 Å². The smallest absolute Gasteiger partial charge is 0.434 e. The minimum atomic E-state index is -4.57. The first-order valence-electron chi connectivity index (χ1n) is 8.32. The van der Waals surface area contributed by atoms with Crippen LogP contribution in [0.1, 0.15) is 36.2 Å². The number of alkyl halides is 3. The van der Waals surface area contributed by atoms with Crippen LogP contribution in [-0.4, -0.2) is 23.4 Å². The normalized spacial score (nSPS) is 17.1. The van der Waals surface area contributed by atoms with Gasteiger partial charge in [0.15, 0.2) is 16.5 Å². The third-order valence-electron chi connectivity index (χ3n) is 3.99. The first kappa shape index (κ1) is 21.6. The SMILES string of the molecule is CCOC(=O)C1=C(C)NC(c2nc(C(F)(F)F)cs2)=NC1c1ccc(Cl)cc1Cl. The third-order valence-corrected chi connectivity index (χ3v) is 5.40. The third kappa shape index (κ3) is 4.57. The second-order valence-corrected chi connectivity index (χ2v) is 7.67. The summed E-state index contributed by atoms with van der Waals surface area (Å²) < 4.78 is 43.9. The lowest BCUT2D eigenvalue weighted by Gasteiger charge is -2.26. The number of aliphatic imine (C=N–C) groups is 1. The summed E-state index contributed by atoms with van der Waals surface area (Å²) in [6.07, 6.45) is -4.57.